The Morgan fingerprint density at radius 2 is 1.29 bits per heavy atom. The molecule has 1 aliphatic rings. The van der Waals surface area contributed by atoms with Crippen molar-refractivity contribution in [1.82, 2.24) is 0 Å². The van der Waals surface area contributed by atoms with Crippen molar-refractivity contribution in [2.45, 2.75) is 50.6 Å². The van der Waals surface area contributed by atoms with Crippen LogP contribution >= 0.6 is 0 Å². The normalized spacial score (nSPS) is 23.4. The Bertz CT molecular complexity index is 322. The summed E-state index contributed by atoms with van der Waals surface area (Å²) in [4.78, 5) is 0. The Labute approximate surface area is 92.7 Å². The first kappa shape index (κ1) is 12.2. The van der Waals surface area contributed by atoms with Crippen LogP contribution in [-0.4, -0.2) is 0 Å². The van der Waals surface area contributed by atoms with Crippen LogP contribution < -0.4 is 0 Å². The maximum atomic E-state index is 2.50. The van der Waals surface area contributed by atoms with Crippen molar-refractivity contribution in [1.29, 1.82) is 0 Å². The van der Waals surface area contributed by atoms with Gasteiger partial charge in [0.05, 0.1) is 0 Å². The fourth-order valence-electron chi connectivity index (χ4n) is 2.47. The van der Waals surface area contributed by atoms with E-state index in [4.69, 9.17) is 0 Å². The van der Waals surface area contributed by atoms with Crippen LogP contribution in [0.3, 0.4) is 0 Å². The Balaban J connectivity index is 3.37. The molecular weight excluding hydrogens is 351 g/mol. The Kier molecular flexibility index (Phi) is 2.92. The van der Waals surface area contributed by atoms with E-state index in [0.29, 0.717) is 5.41 Å². The molecule has 1 rings (SSSR count). The van der Waals surface area contributed by atoms with Gasteiger partial charge in [0, 0.05) is 0 Å². The molecule has 0 unspecified atom stereocenters. The van der Waals surface area contributed by atoms with E-state index < -0.39 is 16.1 Å². The topological polar surface area (TPSA) is 0 Å². The van der Waals surface area contributed by atoms with Gasteiger partial charge < -0.3 is 0 Å². The fraction of sp³-hybridized carbons (Fsp3) is 0.692. The molecular formula is C13H24Pt. The van der Waals surface area contributed by atoms with Crippen LogP contribution in [0.1, 0.15) is 34.6 Å². The van der Waals surface area contributed by atoms with Crippen LogP contribution in [0.25, 0.3) is 0 Å². The van der Waals surface area contributed by atoms with Crippen LogP contribution in [0.5, 0.6) is 0 Å². The third-order valence-corrected chi connectivity index (χ3v) is 9.03. The van der Waals surface area contributed by atoms with E-state index >= 15 is 0 Å². The molecule has 86 valence electrons. The molecule has 0 radical (unpaired) electrons. The van der Waals surface area contributed by atoms with Crippen molar-refractivity contribution in [2.24, 2.45) is 5.41 Å². The van der Waals surface area contributed by atoms with Gasteiger partial charge in [-0.2, -0.15) is 0 Å². The molecule has 0 fully saturated rings. The van der Waals surface area contributed by atoms with Gasteiger partial charge in [-0.05, 0) is 0 Å². The summed E-state index contributed by atoms with van der Waals surface area (Å²) < 4.78 is 1.79. The molecule has 0 aromatic rings. The third-order valence-electron chi connectivity index (χ3n) is 3.35. The van der Waals surface area contributed by atoms with E-state index in [0.717, 1.165) is 0 Å². The van der Waals surface area contributed by atoms with Gasteiger partial charge in [0.15, 0.2) is 0 Å². The Morgan fingerprint density at radius 1 is 0.857 bits per heavy atom. The summed E-state index contributed by atoms with van der Waals surface area (Å²) in [6, 6.07) is 0. The molecule has 0 saturated carbocycles. The molecule has 14 heavy (non-hydrogen) atoms. The van der Waals surface area contributed by atoms with E-state index in [1.54, 1.807) is 20.7 Å². The molecule has 0 atom stereocenters. The zero-order valence-corrected chi connectivity index (χ0v) is 13.1. The van der Waals surface area contributed by atoms with E-state index in [1.807, 2.05) is 0 Å². The zero-order chi connectivity index (χ0) is 11.3. The van der Waals surface area contributed by atoms with Crippen molar-refractivity contribution < 1.29 is 16.1 Å². The molecule has 0 aliphatic heterocycles. The summed E-state index contributed by atoms with van der Waals surface area (Å²) in [6.07, 6.45) is 0. The second-order valence-corrected chi connectivity index (χ2v) is 16.6. The molecule has 1 heteroatoms. The molecule has 0 amide bonds. The van der Waals surface area contributed by atoms with E-state index in [-0.39, 0.29) is 0 Å². The first-order chi connectivity index (χ1) is 6.10. The summed E-state index contributed by atoms with van der Waals surface area (Å²) in [6.45, 7) is 11.7. The second-order valence-electron chi connectivity index (χ2n) is 5.21. The second kappa shape index (κ2) is 3.34. The number of allylic oxidation sites excluding steroid dienone is 4. The molecule has 0 N–H and O–H groups in total. The van der Waals surface area contributed by atoms with Gasteiger partial charge in [-0.25, -0.2) is 0 Å². The summed E-state index contributed by atoms with van der Waals surface area (Å²) in [7, 11) is 0. The minimum absolute atomic E-state index is 0.337. The van der Waals surface area contributed by atoms with Gasteiger partial charge in [-0.15, -0.1) is 0 Å². The van der Waals surface area contributed by atoms with Gasteiger partial charge in [-0.1, -0.05) is 0 Å². The molecule has 0 heterocycles. The SMILES string of the molecule is CC1=C(C)C(C)(C)[C]([Pt]([CH3])([CH3])[CH3])=C1C. The Hall–Kier alpha value is 0.168. The molecule has 1 aliphatic carbocycles. The molecule has 0 bridgehead atoms. The summed E-state index contributed by atoms with van der Waals surface area (Å²) in [5.41, 5.74) is 5.06. The predicted octanol–water partition coefficient (Wildman–Crippen LogP) is 4.93. The van der Waals surface area contributed by atoms with Crippen molar-refractivity contribution in [3.8, 4) is 0 Å². The average molecular weight is 375 g/mol. The maximum absolute atomic E-state index is 2.50. The monoisotopic (exact) mass is 375 g/mol. The van der Waals surface area contributed by atoms with Gasteiger partial charge in [0.1, 0.15) is 0 Å². The summed E-state index contributed by atoms with van der Waals surface area (Å²) in [5.74, 6) is 0. The zero-order valence-electron chi connectivity index (χ0n) is 10.8. The molecule has 0 spiro atoms. The average Bonchev–Trinajstić information content (AvgIpc) is 2.10. The fourth-order valence-corrected chi connectivity index (χ4v) is 10.1. The van der Waals surface area contributed by atoms with Crippen LogP contribution in [0.2, 0.25) is 15.9 Å². The van der Waals surface area contributed by atoms with Crippen LogP contribution in [-0.2, 0) is 16.1 Å². The molecule has 0 aromatic heterocycles. The van der Waals surface area contributed by atoms with E-state index in [2.05, 4.69) is 50.6 Å². The van der Waals surface area contributed by atoms with Crippen LogP contribution in [0.15, 0.2) is 20.7 Å². The van der Waals surface area contributed by atoms with Crippen molar-refractivity contribution in [3.05, 3.63) is 20.7 Å². The first-order valence-corrected chi connectivity index (χ1v) is 12.8. The molecule has 0 aromatic carbocycles. The number of rotatable bonds is 1. The minimum atomic E-state index is -1.60. The Morgan fingerprint density at radius 3 is 1.43 bits per heavy atom. The van der Waals surface area contributed by atoms with Crippen molar-refractivity contribution in [3.63, 3.8) is 0 Å². The quantitative estimate of drug-likeness (QED) is 0.609. The van der Waals surface area contributed by atoms with Gasteiger partial charge in [-0.3, -0.25) is 0 Å². The first-order valence-electron chi connectivity index (χ1n) is 4.86. The van der Waals surface area contributed by atoms with Crippen molar-refractivity contribution in [2.75, 3.05) is 0 Å². The van der Waals surface area contributed by atoms with Crippen LogP contribution in [0.4, 0.5) is 0 Å². The van der Waals surface area contributed by atoms with Gasteiger partial charge >= 0.3 is 92.7 Å². The van der Waals surface area contributed by atoms with Gasteiger partial charge in [0.2, 0.25) is 0 Å². The van der Waals surface area contributed by atoms with Gasteiger partial charge in [0.25, 0.3) is 0 Å². The number of hydrogen-bond donors (Lipinski definition) is 0. The summed E-state index contributed by atoms with van der Waals surface area (Å²) >= 11 is -1.60. The predicted molar refractivity (Wildman–Crippen MR) is 62.4 cm³/mol. The summed E-state index contributed by atoms with van der Waals surface area (Å²) in [5, 5.41) is 7.50. The van der Waals surface area contributed by atoms with E-state index in [1.165, 1.54) is 0 Å². The molecule has 0 nitrogen and oxygen atoms in total. The van der Waals surface area contributed by atoms with E-state index in [9.17, 15) is 0 Å². The van der Waals surface area contributed by atoms with Crippen LogP contribution in [0, 0.1) is 5.41 Å². The third kappa shape index (κ3) is 1.67. The molecule has 0 saturated heterocycles. The standard InChI is InChI=1S/C10H15.3CH3.Pt/c1-7-6-10(4,5)9(3)8(7)2;;;;/h1-5H3;3*1H3;. The number of hydrogen-bond acceptors (Lipinski definition) is 0. The van der Waals surface area contributed by atoms with Crippen molar-refractivity contribution >= 4 is 0 Å².